The summed E-state index contributed by atoms with van der Waals surface area (Å²) >= 11 is 0. The maximum atomic E-state index is 9.87. The van der Waals surface area contributed by atoms with E-state index in [0.29, 0.717) is 0 Å². The summed E-state index contributed by atoms with van der Waals surface area (Å²) < 4.78 is 0. The number of aliphatic carboxylic acids is 1. The zero-order chi connectivity index (χ0) is 5.86. The monoisotopic (exact) mass is 160 g/mol. The van der Waals surface area contributed by atoms with Crippen LogP contribution in [-0.2, 0) is 9.59 Å². The maximum absolute atomic E-state index is 9.87. The van der Waals surface area contributed by atoms with Gasteiger partial charge in [-0.25, -0.2) is 0 Å². The Labute approximate surface area is 81.5 Å². The van der Waals surface area contributed by atoms with E-state index in [1.165, 1.54) is 6.92 Å². The number of rotatable bonds is 2. The molecule has 0 aliphatic heterocycles. The predicted octanol–water partition coefficient (Wildman–Crippen LogP) is -5.94. The van der Waals surface area contributed by atoms with E-state index in [-0.39, 0.29) is 54.2 Å². The van der Waals surface area contributed by atoms with Gasteiger partial charge >= 0.3 is 35.5 Å². The van der Waals surface area contributed by atoms with Gasteiger partial charge in [0.1, 0.15) is 12.2 Å². The third-order valence-electron chi connectivity index (χ3n) is 0.400. The molecule has 0 unspecified atom stereocenters. The van der Waals surface area contributed by atoms with Crippen molar-refractivity contribution in [3.63, 3.8) is 0 Å². The second-order valence-corrected chi connectivity index (χ2v) is 1.27. The normalized spacial score (nSPS) is 6.33. The van der Waals surface area contributed by atoms with Crippen LogP contribution in [0.25, 0.3) is 0 Å². The fraction of sp³-hybridized carbons (Fsp3) is 0.500. The van der Waals surface area contributed by atoms with Crippen molar-refractivity contribution in [2.24, 2.45) is 0 Å². The van der Waals surface area contributed by atoms with Crippen molar-refractivity contribution in [3.8, 4) is 0 Å². The molecule has 0 aliphatic carbocycles. The van der Waals surface area contributed by atoms with E-state index in [9.17, 15) is 9.59 Å². The van der Waals surface area contributed by atoms with Crippen LogP contribution in [0.4, 0.5) is 0 Å². The summed E-state index contributed by atoms with van der Waals surface area (Å²) in [4.78, 5) is 19.5. The topological polar surface area (TPSA) is 54.4 Å². The molecule has 0 aromatic rings. The van der Waals surface area contributed by atoms with Gasteiger partial charge in [-0.15, -0.1) is 0 Å². The predicted molar refractivity (Wildman–Crippen MR) is 22.9 cm³/mol. The minimum Gasteiger partial charge on any atom is -1.00 e. The first-order valence-corrected chi connectivity index (χ1v) is 1.84. The van der Waals surface area contributed by atoms with Crippen molar-refractivity contribution >= 4 is 11.8 Å². The summed E-state index contributed by atoms with van der Waals surface area (Å²) in [7, 11) is 0. The van der Waals surface area contributed by atoms with Gasteiger partial charge in [0.15, 0.2) is 0 Å². The van der Waals surface area contributed by atoms with Gasteiger partial charge in [-0.2, -0.15) is 0 Å². The van der Waals surface area contributed by atoms with Crippen LogP contribution in [0.1, 0.15) is 13.3 Å². The zero-order valence-corrected chi connectivity index (χ0v) is 8.10. The fourth-order valence-electron chi connectivity index (χ4n) is 0.213. The van der Waals surface area contributed by atoms with Gasteiger partial charge in [0.05, 0.1) is 0 Å². The van der Waals surface area contributed by atoms with E-state index in [0.717, 1.165) is 0 Å². The molecule has 0 spiro atoms. The molecule has 0 amide bonds. The Morgan fingerprint density at radius 1 is 1.44 bits per heavy atom. The van der Waals surface area contributed by atoms with Crippen LogP contribution in [0.2, 0.25) is 0 Å². The van der Waals surface area contributed by atoms with Gasteiger partial charge < -0.3 is 17.5 Å². The Bertz CT molecular complexity index is 92.0. The number of ketones is 1. The quantitative estimate of drug-likeness (QED) is 0.323. The van der Waals surface area contributed by atoms with Gasteiger partial charge in [0, 0.05) is 0 Å². The first-order valence-electron chi connectivity index (χ1n) is 1.84. The third kappa shape index (κ3) is 17.8. The van der Waals surface area contributed by atoms with Crippen LogP contribution in [0, 0.1) is 0 Å². The smallest absolute Gasteiger partial charge is 1.00 e. The molecule has 0 fully saturated rings. The molecule has 5 heteroatoms. The molecule has 0 radical (unpaired) electrons. The van der Waals surface area contributed by atoms with Crippen molar-refractivity contribution in [1.82, 2.24) is 0 Å². The van der Waals surface area contributed by atoms with Crippen molar-refractivity contribution in [2.75, 3.05) is 0 Å². The van der Waals surface area contributed by atoms with E-state index in [4.69, 9.17) is 5.11 Å². The zero-order valence-electron chi connectivity index (χ0n) is 5.35. The molecule has 0 rings (SSSR count). The van der Waals surface area contributed by atoms with Crippen LogP contribution in [-0.4, -0.2) is 16.9 Å². The summed E-state index contributed by atoms with van der Waals surface area (Å²) in [6.45, 7) is 1.24. The van der Waals surface area contributed by atoms with Gasteiger partial charge in [0.25, 0.3) is 0 Å². The Morgan fingerprint density at radius 2 is 1.78 bits per heavy atom. The number of carboxylic acid groups (broad SMARTS) is 1. The van der Waals surface area contributed by atoms with Crippen molar-refractivity contribution in [2.45, 2.75) is 13.3 Å². The van der Waals surface area contributed by atoms with Crippen molar-refractivity contribution in [3.05, 3.63) is 0 Å². The molecular weight excluding hydrogens is 154 g/mol. The molecule has 3 nitrogen and oxygen atoms in total. The number of hydrogen-bond donors (Lipinski definition) is 1. The SMILES string of the molecule is CC(=O)CC(=O)O.[Cl-].[Na+]. The molecule has 1 N–H and O–H groups in total. The summed E-state index contributed by atoms with van der Waals surface area (Å²) in [5.41, 5.74) is 0. The second-order valence-electron chi connectivity index (χ2n) is 1.27. The Kier molecular flexibility index (Phi) is 15.2. The van der Waals surface area contributed by atoms with Crippen LogP contribution < -0.4 is 42.0 Å². The largest absolute Gasteiger partial charge is 1.00 e. The third-order valence-corrected chi connectivity index (χ3v) is 0.400. The van der Waals surface area contributed by atoms with E-state index >= 15 is 0 Å². The summed E-state index contributed by atoms with van der Waals surface area (Å²) in [6, 6.07) is 0. The van der Waals surface area contributed by atoms with Gasteiger partial charge in [0.2, 0.25) is 0 Å². The molecule has 0 saturated carbocycles. The molecule has 0 heterocycles. The average molecular weight is 161 g/mol. The van der Waals surface area contributed by atoms with Gasteiger partial charge in [-0.05, 0) is 6.92 Å². The fourth-order valence-corrected chi connectivity index (χ4v) is 0.213. The van der Waals surface area contributed by atoms with E-state index in [1.54, 1.807) is 0 Å². The second kappa shape index (κ2) is 8.43. The summed E-state index contributed by atoms with van der Waals surface area (Å²) in [6.07, 6.45) is -0.361. The maximum Gasteiger partial charge on any atom is 1.00 e. The Balaban J connectivity index is -0.000000180. The summed E-state index contributed by atoms with van der Waals surface area (Å²) in [5.74, 6) is -1.37. The minimum absolute atomic E-state index is 0. The van der Waals surface area contributed by atoms with Crippen LogP contribution in [0.5, 0.6) is 0 Å². The van der Waals surface area contributed by atoms with E-state index < -0.39 is 5.97 Å². The van der Waals surface area contributed by atoms with E-state index in [2.05, 4.69) is 0 Å². The number of Topliss-reactive ketones (excluding diaryl/α,β-unsaturated/α-hetero) is 1. The molecule has 0 aromatic heterocycles. The molecular formula is C4H6ClNaO3. The number of carbonyl (C=O) groups excluding carboxylic acids is 1. The molecule has 0 bridgehead atoms. The summed E-state index contributed by atoms with van der Waals surface area (Å²) in [5, 5.41) is 7.86. The Morgan fingerprint density at radius 3 is 1.78 bits per heavy atom. The number of carboxylic acids is 1. The molecule has 0 atom stereocenters. The van der Waals surface area contributed by atoms with Crippen LogP contribution in [0.3, 0.4) is 0 Å². The van der Waals surface area contributed by atoms with Crippen LogP contribution >= 0.6 is 0 Å². The van der Waals surface area contributed by atoms with Gasteiger partial charge in [-0.1, -0.05) is 0 Å². The van der Waals surface area contributed by atoms with Crippen molar-refractivity contribution < 1.29 is 56.7 Å². The Hall–Kier alpha value is 0.430. The number of halogens is 1. The molecule has 9 heavy (non-hydrogen) atoms. The van der Waals surface area contributed by atoms with Gasteiger partial charge in [-0.3, -0.25) is 9.59 Å². The molecule has 48 valence electrons. The molecule has 0 aliphatic rings. The first-order chi connectivity index (χ1) is 3.13. The first kappa shape index (κ1) is 16.2. The minimum atomic E-state index is -1.06. The standard InChI is InChI=1S/C4H6O3.ClH.Na/c1-3(5)2-4(6)7;;/h2H2,1H3,(H,6,7);1H;/q;;+1/p-1. The molecule has 0 aromatic carbocycles. The van der Waals surface area contributed by atoms with E-state index in [1.807, 2.05) is 0 Å². The molecule has 0 saturated heterocycles. The van der Waals surface area contributed by atoms with Crippen molar-refractivity contribution in [1.29, 1.82) is 0 Å². The van der Waals surface area contributed by atoms with Crippen LogP contribution in [0.15, 0.2) is 0 Å². The number of carbonyl (C=O) groups is 2. The number of hydrogen-bond acceptors (Lipinski definition) is 2. The average Bonchev–Trinajstić information content (AvgIpc) is 1.27.